The Hall–Kier alpha value is -1.91. The first-order valence-corrected chi connectivity index (χ1v) is 6.31. The summed E-state index contributed by atoms with van der Waals surface area (Å²) >= 11 is 0. The van der Waals surface area contributed by atoms with Gasteiger partial charge in [0.2, 0.25) is 11.8 Å². The SMILES string of the molecule is CCC1(CC)CC(=O)N(c2ccc(O)c(F)c2)C1=O. The van der Waals surface area contributed by atoms with Crippen molar-refractivity contribution < 1.29 is 19.1 Å². The number of hydrogen-bond donors (Lipinski definition) is 1. The molecule has 0 saturated carbocycles. The van der Waals surface area contributed by atoms with Crippen molar-refractivity contribution in [2.45, 2.75) is 33.1 Å². The van der Waals surface area contributed by atoms with Gasteiger partial charge in [-0.1, -0.05) is 13.8 Å². The molecule has 1 aromatic rings. The van der Waals surface area contributed by atoms with Crippen LogP contribution in [-0.2, 0) is 9.59 Å². The average molecular weight is 265 g/mol. The smallest absolute Gasteiger partial charge is 0.240 e. The number of imide groups is 1. The maximum atomic E-state index is 13.3. The van der Waals surface area contributed by atoms with E-state index in [2.05, 4.69) is 0 Å². The Morgan fingerprint density at radius 3 is 2.42 bits per heavy atom. The number of nitrogens with zero attached hydrogens (tertiary/aromatic N) is 1. The highest BCUT2D eigenvalue weighted by Gasteiger charge is 2.49. The van der Waals surface area contributed by atoms with Gasteiger partial charge in [-0.3, -0.25) is 9.59 Å². The first kappa shape index (κ1) is 13.5. The van der Waals surface area contributed by atoms with Gasteiger partial charge in [-0.15, -0.1) is 0 Å². The molecule has 1 aliphatic rings. The Labute approximate surface area is 110 Å². The van der Waals surface area contributed by atoms with Crippen LogP contribution in [0.5, 0.6) is 5.75 Å². The molecule has 0 atom stereocenters. The summed E-state index contributed by atoms with van der Waals surface area (Å²) in [6.07, 6.45) is 1.30. The van der Waals surface area contributed by atoms with Crippen LogP contribution in [0.15, 0.2) is 18.2 Å². The summed E-state index contributed by atoms with van der Waals surface area (Å²) in [5.41, 5.74) is -0.500. The summed E-state index contributed by atoms with van der Waals surface area (Å²) in [5.74, 6) is -1.95. The molecule has 0 radical (unpaired) electrons. The van der Waals surface area contributed by atoms with Gasteiger partial charge in [0.15, 0.2) is 11.6 Å². The van der Waals surface area contributed by atoms with E-state index < -0.39 is 17.0 Å². The molecule has 4 nitrogen and oxygen atoms in total. The molecule has 2 amide bonds. The molecular weight excluding hydrogens is 249 g/mol. The first-order chi connectivity index (χ1) is 8.95. The zero-order valence-electron chi connectivity index (χ0n) is 10.9. The van der Waals surface area contributed by atoms with E-state index in [1.807, 2.05) is 13.8 Å². The van der Waals surface area contributed by atoms with Crippen molar-refractivity contribution in [1.29, 1.82) is 0 Å². The largest absolute Gasteiger partial charge is 0.505 e. The highest BCUT2D eigenvalue weighted by Crippen LogP contribution is 2.41. The van der Waals surface area contributed by atoms with E-state index in [1.165, 1.54) is 6.07 Å². The van der Waals surface area contributed by atoms with Crippen molar-refractivity contribution in [3.63, 3.8) is 0 Å². The minimum absolute atomic E-state index is 0.154. The Kier molecular flexibility index (Phi) is 3.30. The fourth-order valence-corrected chi connectivity index (χ4v) is 2.49. The molecule has 1 saturated heterocycles. The Morgan fingerprint density at radius 2 is 1.95 bits per heavy atom. The molecule has 2 rings (SSSR count). The normalized spacial score (nSPS) is 18.2. The summed E-state index contributed by atoms with van der Waals surface area (Å²) in [6, 6.07) is 3.52. The van der Waals surface area contributed by atoms with Crippen molar-refractivity contribution >= 4 is 17.5 Å². The molecule has 0 aromatic heterocycles. The van der Waals surface area contributed by atoms with Gasteiger partial charge in [0, 0.05) is 12.5 Å². The molecule has 1 N–H and O–H groups in total. The fourth-order valence-electron chi connectivity index (χ4n) is 2.49. The highest BCUT2D eigenvalue weighted by atomic mass is 19.1. The zero-order valence-corrected chi connectivity index (χ0v) is 10.9. The van der Waals surface area contributed by atoms with Crippen LogP contribution < -0.4 is 4.90 Å². The van der Waals surface area contributed by atoms with Gasteiger partial charge >= 0.3 is 0 Å². The van der Waals surface area contributed by atoms with Crippen LogP contribution in [-0.4, -0.2) is 16.9 Å². The zero-order chi connectivity index (χ0) is 14.2. The first-order valence-electron chi connectivity index (χ1n) is 6.31. The van der Waals surface area contributed by atoms with E-state index in [1.54, 1.807) is 0 Å². The van der Waals surface area contributed by atoms with E-state index in [-0.39, 0.29) is 23.9 Å². The minimum Gasteiger partial charge on any atom is -0.505 e. The lowest BCUT2D eigenvalue weighted by Crippen LogP contribution is -2.35. The molecule has 0 unspecified atom stereocenters. The van der Waals surface area contributed by atoms with Crippen LogP contribution in [0.3, 0.4) is 0 Å². The standard InChI is InChI=1S/C14H16FNO3/c1-3-14(4-2)8-12(18)16(13(14)19)9-5-6-11(17)10(15)7-9/h5-7,17H,3-4,8H2,1-2H3. The van der Waals surface area contributed by atoms with Crippen molar-refractivity contribution in [3.05, 3.63) is 24.0 Å². The van der Waals surface area contributed by atoms with E-state index in [0.29, 0.717) is 12.8 Å². The molecule has 1 aromatic carbocycles. The summed E-state index contributed by atoms with van der Waals surface area (Å²) in [6.45, 7) is 3.74. The number of anilines is 1. The third-order valence-corrected chi connectivity index (χ3v) is 3.94. The lowest BCUT2D eigenvalue weighted by atomic mass is 9.81. The predicted octanol–water partition coefficient (Wildman–Crippen LogP) is 2.60. The van der Waals surface area contributed by atoms with Gasteiger partial charge in [-0.2, -0.15) is 0 Å². The van der Waals surface area contributed by atoms with Crippen LogP contribution in [0.4, 0.5) is 10.1 Å². The quantitative estimate of drug-likeness (QED) is 0.855. The number of carbonyl (C=O) groups is 2. The van der Waals surface area contributed by atoms with Gasteiger partial charge in [0.25, 0.3) is 0 Å². The number of hydrogen-bond acceptors (Lipinski definition) is 3. The molecule has 0 spiro atoms. The molecule has 1 aliphatic heterocycles. The van der Waals surface area contributed by atoms with Gasteiger partial charge in [-0.25, -0.2) is 9.29 Å². The summed E-state index contributed by atoms with van der Waals surface area (Å²) in [7, 11) is 0. The number of amides is 2. The molecule has 1 fully saturated rings. The van der Waals surface area contributed by atoms with Crippen LogP contribution in [0, 0.1) is 11.2 Å². The van der Waals surface area contributed by atoms with Gasteiger partial charge in [-0.05, 0) is 25.0 Å². The Morgan fingerprint density at radius 1 is 1.32 bits per heavy atom. The van der Waals surface area contributed by atoms with Crippen molar-refractivity contribution in [2.24, 2.45) is 5.41 Å². The van der Waals surface area contributed by atoms with E-state index >= 15 is 0 Å². The monoisotopic (exact) mass is 265 g/mol. The number of halogens is 1. The van der Waals surface area contributed by atoms with Gasteiger partial charge in [0.1, 0.15) is 0 Å². The van der Waals surface area contributed by atoms with Crippen LogP contribution in [0.1, 0.15) is 33.1 Å². The highest BCUT2D eigenvalue weighted by molar-refractivity contribution is 6.22. The molecule has 5 heteroatoms. The molecule has 102 valence electrons. The van der Waals surface area contributed by atoms with Gasteiger partial charge < -0.3 is 5.11 Å². The second-order valence-corrected chi connectivity index (χ2v) is 4.83. The molecular formula is C14H16FNO3. The number of phenolic OH excluding ortho intramolecular Hbond substituents is 1. The minimum atomic E-state index is -0.844. The Balaban J connectivity index is 2.43. The number of carbonyl (C=O) groups excluding carboxylic acids is 2. The summed E-state index contributed by atoms with van der Waals surface area (Å²) in [4.78, 5) is 25.5. The summed E-state index contributed by atoms with van der Waals surface area (Å²) < 4.78 is 13.3. The lowest BCUT2D eigenvalue weighted by Gasteiger charge is -2.23. The summed E-state index contributed by atoms with van der Waals surface area (Å²) in [5, 5.41) is 9.15. The van der Waals surface area contributed by atoms with Crippen LogP contribution >= 0.6 is 0 Å². The van der Waals surface area contributed by atoms with E-state index in [9.17, 15) is 14.0 Å². The van der Waals surface area contributed by atoms with Crippen LogP contribution in [0.2, 0.25) is 0 Å². The Bertz CT molecular complexity index is 537. The second-order valence-electron chi connectivity index (χ2n) is 4.83. The number of aromatic hydroxyl groups is 1. The van der Waals surface area contributed by atoms with Crippen molar-refractivity contribution in [1.82, 2.24) is 0 Å². The average Bonchev–Trinajstić information content (AvgIpc) is 2.65. The maximum absolute atomic E-state index is 13.3. The number of benzene rings is 1. The maximum Gasteiger partial charge on any atom is 0.240 e. The van der Waals surface area contributed by atoms with Gasteiger partial charge in [0.05, 0.1) is 11.1 Å². The molecule has 1 heterocycles. The predicted molar refractivity (Wildman–Crippen MR) is 68.2 cm³/mol. The molecule has 0 aliphatic carbocycles. The topological polar surface area (TPSA) is 57.6 Å². The van der Waals surface area contributed by atoms with Crippen molar-refractivity contribution in [3.8, 4) is 5.75 Å². The third-order valence-electron chi connectivity index (χ3n) is 3.94. The molecule has 0 bridgehead atoms. The second kappa shape index (κ2) is 4.64. The van der Waals surface area contributed by atoms with Crippen molar-refractivity contribution in [2.75, 3.05) is 4.90 Å². The van der Waals surface area contributed by atoms with E-state index in [0.717, 1.165) is 17.0 Å². The number of phenols is 1. The lowest BCUT2D eigenvalue weighted by molar-refractivity contribution is -0.126. The van der Waals surface area contributed by atoms with E-state index in [4.69, 9.17) is 5.11 Å². The molecule has 19 heavy (non-hydrogen) atoms. The number of rotatable bonds is 3. The van der Waals surface area contributed by atoms with Crippen LogP contribution in [0.25, 0.3) is 0 Å². The fraction of sp³-hybridized carbons (Fsp3) is 0.429. The third kappa shape index (κ3) is 1.99.